The zero-order valence-electron chi connectivity index (χ0n) is 16.9. The Balaban J connectivity index is 1.82. The van der Waals surface area contributed by atoms with Gasteiger partial charge in [-0.15, -0.1) is 0 Å². The Kier molecular flexibility index (Phi) is 5.86. The van der Waals surface area contributed by atoms with Gasteiger partial charge < -0.3 is 10.1 Å². The number of rotatable bonds is 4. The molecule has 6 heteroatoms. The number of ether oxygens (including phenoxy) is 1. The molecule has 0 aromatic heterocycles. The van der Waals surface area contributed by atoms with Crippen molar-refractivity contribution in [2.75, 3.05) is 12.4 Å². The molecule has 1 N–H and O–H groups in total. The Labute approximate surface area is 184 Å². The summed E-state index contributed by atoms with van der Waals surface area (Å²) in [6.45, 7) is 1.85. The molecule has 1 fully saturated rings. The number of nitrogens with zero attached hydrogens (tertiary/aromatic N) is 1. The van der Waals surface area contributed by atoms with Crippen molar-refractivity contribution in [1.82, 2.24) is 0 Å². The van der Waals surface area contributed by atoms with Gasteiger partial charge in [-0.1, -0.05) is 46.3 Å². The summed E-state index contributed by atoms with van der Waals surface area (Å²) < 4.78 is 6.25. The SMILES string of the molecule is COc1ccccc1NC(=O)C1=C(C)N=C2CCCC(=O)[C@H]2[C@@H]1c1ccccc1Br. The maximum absolute atomic E-state index is 13.5. The molecule has 1 amide bonds. The molecule has 0 bridgehead atoms. The molecule has 2 aliphatic rings. The van der Waals surface area contributed by atoms with E-state index in [4.69, 9.17) is 9.73 Å². The number of benzene rings is 2. The standard InChI is InChI=1S/C24H23BrN2O3/c1-14-21(24(29)27-17-10-5-6-13-20(17)30-2)22(15-8-3-4-9-16(15)25)23-18(26-14)11-7-12-19(23)28/h3-6,8-10,13,22-23H,7,11-12H2,1-2H3,(H,27,29)/t22-,23+/m1/s1. The Hall–Kier alpha value is -2.73. The van der Waals surface area contributed by atoms with Gasteiger partial charge in [0, 0.05) is 33.8 Å². The van der Waals surface area contributed by atoms with Crippen LogP contribution in [0.1, 0.15) is 37.7 Å². The highest BCUT2D eigenvalue weighted by atomic mass is 79.9. The second-order valence-electron chi connectivity index (χ2n) is 7.55. The average molecular weight is 467 g/mol. The fourth-order valence-electron chi connectivity index (χ4n) is 4.42. The predicted molar refractivity (Wildman–Crippen MR) is 121 cm³/mol. The number of hydrogen-bond acceptors (Lipinski definition) is 4. The van der Waals surface area contributed by atoms with Gasteiger partial charge in [-0.3, -0.25) is 14.6 Å². The first kappa shape index (κ1) is 20.5. The lowest BCUT2D eigenvalue weighted by atomic mass is 9.69. The van der Waals surface area contributed by atoms with Crippen molar-refractivity contribution >= 4 is 39.0 Å². The molecule has 1 heterocycles. The number of carbonyl (C=O) groups excluding carboxylic acids is 2. The fraction of sp³-hybridized carbons (Fsp3) is 0.292. The maximum atomic E-state index is 13.5. The zero-order chi connectivity index (χ0) is 21.3. The largest absolute Gasteiger partial charge is 0.495 e. The lowest BCUT2D eigenvalue weighted by Gasteiger charge is -2.36. The van der Waals surface area contributed by atoms with Crippen LogP contribution in [0, 0.1) is 5.92 Å². The first-order chi connectivity index (χ1) is 14.5. The number of amides is 1. The van der Waals surface area contributed by atoms with Crippen LogP contribution in [0.15, 0.2) is 69.3 Å². The van der Waals surface area contributed by atoms with Crippen molar-refractivity contribution in [3.05, 3.63) is 69.8 Å². The van der Waals surface area contributed by atoms with Gasteiger partial charge in [-0.25, -0.2) is 0 Å². The molecule has 30 heavy (non-hydrogen) atoms. The molecule has 2 aromatic rings. The number of Topliss-reactive ketones (excluding diaryl/α,β-unsaturated/α-hetero) is 1. The van der Waals surface area contributed by atoms with Gasteiger partial charge in [-0.05, 0) is 43.5 Å². The summed E-state index contributed by atoms with van der Waals surface area (Å²) in [5, 5.41) is 2.97. The van der Waals surface area contributed by atoms with Crippen LogP contribution in [0.5, 0.6) is 5.75 Å². The molecule has 0 radical (unpaired) electrons. The number of anilines is 1. The number of para-hydroxylation sites is 2. The highest BCUT2D eigenvalue weighted by Gasteiger charge is 2.43. The minimum atomic E-state index is -0.403. The summed E-state index contributed by atoms with van der Waals surface area (Å²) in [4.78, 5) is 31.2. The third-order valence-corrected chi connectivity index (χ3v) is 6.47. The number of ketones is 1. The fourth-order valence-corrected chi connectivity index (χ4v) is 4.95. The lowest BCUT2D eigenvalue weighted by Crippen LogP contribution is -2.39. The third kappa shape index (κ3) is 3.72. The van der Waals surface area contributed by atoms with Gasteiger partial charge in [0.05, 0.1) is 18.7 Å². The average Bonchev–Trinajstić information content (AvgIpc) is 2.73. The second-order valence-corrected chi connectivity index (χ2v) is 8.41. The minimum Gasteiger partial charge on any atom is -0.495 e. The minimum absolute atomic E-state index is 0.149. The Morgan fingerprint density at radius 1 is 1.10 bits per heavy atom. The van der Waals surface area contributed by atoms with Crippen molar-refractivity contribution in [3.63, 3.8) is 0 Å². The van der Waals surface area contributed by atoms with Crippen LogP contribution in [0.2, 0.25) is 0 Å². The number of fused-ring (bicyclic) bond motifs is 1. The van der Waals surface area contributed by atoms with Crippen LogP contribution in [-0.4, -0.2) is 24.5 Å². The molecule has 5 nitrogen and oxygen atoms in total. The molecule has 2 atom stereocenters. The molecule has 2 aromatic carbocycles. The van der Waals surface area contributed by atoms with Crippen LogP contribution in [0.25, 0.3) is 0 Å². The van der Waals surface area contributed by atoms with Crippen molar-refractivity contribution in [2.45, 2.75) is 32.1 Å². The van der Waals surface area contributed by atoms with Gasteiger partial charge in [-0.2, -0.15) is 0 Å². The summed E-state index contributed by atoms with van der Waals surface area (Å²) in [7, 11) is 1.57. The lowest BCUT2D eigenvalue weighted by molar-refractivity contribution is -0.122. The second kappa shape index (κ2) is 8.56. The summed E-state index contributed by atoms with van der Waals surface area (Å²) in [6, 6.07) is 15.1. The highest BCUT2D eigenvalue weighted by Crippen LogP contribution is 2.45. The van der Waals surface area contributed by atoms with Gasteiger partial charge in [0.15, 0.2) is 0 Å². The van der Waals surface area contributed by atoms with Crippen LogP contribution in [0.3, 0.4) is 0 Å². The van der Waals surface area contributed by atoms with E-state index in [1.165, 1.54) is 0 Å². The van der Waals surface area contributed by atoms with E-state index in [-0.39, 0.29) is 17.6 Å². The molecule has 1 aliphatic carbocycles. The summed E-state index contributed by atoms with van der Waals surface area (Å²) in [5.74, 6) is -0.319. The zero-order valence-corrected chi connectivity index (χ0v) is 18.5. The Bertz CT molecular complexity index is 1070. The number of aliphatic imine (C=N–C) groups is 1. The predicted octanol–water partition coefficient (Wildman–Crippen LogP) is 5.28. The van der Waals surface area contributed by atoms with Crippen molar-refractivity contribution < 1.29 is 14.3 Å². The normalized spacial score (nSPS) is 21.0. The molecule has 0 saturated heterocycles. The van der Waals surface area contributed by atoms with Crippen LogP contribution < -0.4 is 10.1 Å². The molecule has 0 spiro atoms. The van der Waals surface area contributed by atoms with Crippen LogP contribution in [0.4, 0.5) is 5.69 Å². The van der Waals surface area contributed by atoms with Crippen LogP contribution in [-0.2, 0) is 9.59 Å². The van der Waals surface area contributed by atoms with E-state index < -0.39 is 5.92 Å². The Morgan fingerprint density at radius 2 is 1.83 bits per heavy atom. The molecule has 1 saturated carbocycles. The van der Waals surface area contributed by atoms with Gasteiger partial charge in [0.1, 0.15) is 11.5 Å². The van der Waals surface area contributed by atoms with Gasteiger partial charge in [0.2, 0.25) is 0 Å². The van der Waals surface area contributed by atoms with E-state index in [2.05, 4.69) is 21.2 Å². The van der Waals surface area contributed by atoms with E-state index in [1.54, 1.807) is 19.2 Å². The first-order valence-electron chi connectivity index (χ1n) is 10.0. The van der Waals surface area contributed by atoms with E-state index >= 15 is 0 Å². The number of nitrogens with one attached hydrogen (secondary N) is 1. The van der Waals surface area contributed by atoms with Gasteiger partial charge in [0.25, 0.3) is 5.91 Å². The maximum Gasteiger partial charge on any atom is 0.254 e. The Morgan fingerprint density at radius 3 is 2.60 bits per heavy atom. The summed E-state index contributed by atoms with van der Waals surface area (Å²) in [6.07, 6.45) is 2.12. The smallest absolute Gasteiger partial charge is 0.254 e. The number of halogens is 1. The van der Waals surface area contributed by atoms with E-state index in [0.29, 0.717) is 29.1 Å². The molecular formula is C24H23BrN2O3. The van der Waals surface area contributed by atoms with Crippen molar-refractivity contribution in [3.8, 4) is 5.75 Å². The van der Waals surface area contributed by atoms with E-state index in [9.17, 15) is 9.59 Å². The number of methoxy groups -OCH3 is 1. The quantitative estimate of drug-likeness (QED) is 0.666. The topological polar surface area (TPSA) is 67.8 Å². The monoisotopic (exact) mass is 466 g/mol. The number of allylic oxidation sites excluding steroid dienone is 1. The van der Waals surface area contributed by atoms with E-state index in [0.717, 1.165) is 28.6 Å². The van der Waals surface area contributed by atoms with E-state index in [1.807, 2.05) is 43.3 Å². The highest BCUT2D eigenvalue weighted by molar-refractivity contribution is 9.10. The summed E-state index contributed by atoms with van der Waals surface area (Å²) in [5.41, 5.74) is 3.58. The third-order valence-electron chi connectivity index (χ3n) is 5.75. The number of carbonyl (C=O) groups is 2. The van der Waals surface area contributed by atoms with Crippen molar-refractivity contribution in [2.24, 2.45) is 10.9 Å². The molecular weight excluding hydrogens is 444 g/mol. The molecule has 154 valence electrons. The molecule has 4 rings (SSSR count). The van der Waals surface area contributed by atoms with Crippen molar-refractivity contribution in [1.29, 1.82) is 0 Å². The molecule has 0 unspecified atom stereocenters. The number of hydrogen-bond donors (Lipinski definition) is 1. The first-order valence-corrected chi connectivity index (χ1v) is 10.8. The molecule has 1 aliphatic heterocycles. The van der Waals surface area contributed by atoms with Crippen LogP contribution >= 0.6 is 15.9 Å². The van der Waals surface area contributed by atoms with Gasteiger partial charge >= 0.3 is 0 Å². The summed E-state index contributed by atoms with van der Waals surface area (Å²) >= 11 is 3.63.